The van der Waals surface area contributed by atoms with E-state index in [4.69, 9.17) is 14.2 Å². The summed E-state index contributed by atoms with van der Waals surface area (Å²) in [6.45, 7) is 4.10. The molecule has 2 aliphatic heterocycles. The molecule has 4 aliphatic carbocycles. The molecule has 3 aromatic carbocycles. The first-order valence-corrected chi connectivity index (χ1v) is 14.6. The lowest BCUT2D eigenvalue weighted by Crippen LogP contribution is -2.79. The third kappa shape index (κ3) is 2.97. The number of rotatable bonds is 7. The van der Waals surface area contributed by atoms with Crippen LogP contribution in [0.3, 0.4) is 0 Å². The number of methoxy groups -OCH3 is 1. The number of carbonyl (C=O) groups excluding carboxylic acids is 1. The lowest BCUT2D eigenvalue weighted by molar-refractivity contribution is -0.215. The van der Waals surface area contributed by atoms with E-state index in [9.17, 15) is 4.79 Å². The van der Waals surface area contributed by atoms with E-state index in [2.05, 4.69) is 71.6 Å². The van der Waals surface area contributed by atoms with Crippen molar-refractivity contribution in [2.75, 3.05) is 13.7 Å². The number of carbonyl (C=O) groups is 1. The average Bonchev–Trinajstić information content (AvgIpc) is 3.36. The van der Waals surface area contributed by atoms with Crippen LogP contribution in [-0.4, -0.2) is 42.1 Å². The average molecular weight is 534 g/mol. The molecule has 2 heterocycles. The summed E-state index contributed by atoms with van der Waals surface area (Å²) in [7, 11) is 1.75. The van der Waals surface area contributed by atoms with Crippen molar-refractivity contribution in [3.05, 3.63) is 107 Å². The standard InChI is InChI=1S/C35H35NO4/c1-23(37)27-20-33-15-16-35(27,38-2)32-34(33)17-18-36(21-24-9-5-3-6-10-24)29(33)19-26-13-14-28(31(40-32)30(26)34)39-22-25-11-7-4-8-12-25/h3-16,27,29,32H,17-22H2,1-2H3/t27-,29-,32-,33-,34+,35-/m1/s1. The van der Waals surface area contributed by atoms with Gasteiger partial charge >= 0.3 is 0 Å². The fraction of sp³-hybridized carbons (Fsp3) is 0.400. The van der Waals surface area contributed by atoms with Gasteiger partial charge in [0.2, 0.25) is 0 Å². The molecule has 1 saturated carbocycles. The fourth-order valence-electron chi connectivity index (χ4n) is 9.23. The summed E-state index contributed by atoms with van der Waals surface area (Å²) in [6.07, 6.45) is 7.05. The van der Waals surface area contributed by atoms with Crippen LogP contribution < -0.4 is 9.47 Å². The molecule has 0 amide bonds. The van der Waals surface area contributed by atoms with Crippen LogP contribution >= 0.6 is 0 Å². The maximum atomic E-state index is 13.3. The number of piperidine rings is 1. The van der Waals surface area contributed by atoms with Crippen molar-refractivity contribution in [1.29, 1.82) is 0 Å². The van der Waals surface area contributed by atoms with E-state index in [1.54, 1.807) is 14.0 Å². The van der Waals surface area contributed by atoms with Crippen LogP contribution in [0.2, 0.25) is 0 Å². The molecule has 0 N–H and O–H groups in total. The van der Waals surface area contributed by atoms with E-state index < -0.39 is 5.60 Å². The van der Waals surface area contributed by atoms with Crippen LogP contribution in [-0.2, 0) is 34.5 Å². The zero-order chi connectivity index (χ0) is 27.1. The van der Waals surface area contributed by atoms with Crippen LogP contribution in [0.5, 0.6) is 11.5 Å². The first-order chi connectivity index (χ1) is 19.5. The quantitative estimate of drug-likeness (QED) is 0.368. The van der Waals surface area contributed by atoms with Gasteiger partial charge in [-0.1, -0.05) is 78.9 Å². The van der Waals surface area contributed by atoms with Crippen molar-refractivity contribution in [2.24, 2.45) is 11.3 Å². The smallest absolute Gasteiger partial charge is 0.166 e. The molecule has 0 radical (unpaired) electrons. The van der Waals surface area contributed by atoms with Gasteiger partial charge < -0.3 is 14.2 Å². The summed E-state index contributed by atoms with van der Waals surface area (Å²) in [6, 6.07) is 25.7. The molecule has 204 valence electrons. The van der Waals surface area contributed by atoms with Gasteiger partial charge in [0.05, 0.1) is 11.3 Å². The Kier molecular flexibility index (Phi) is 5.21. The maximum Gasteiger partial charge on any atom is 0.166 e. The number of nitrogens with zero attached hydrogens (tertiary/aromatic N) is 1. The third-order valence-electron chi connectivity index (χ3n) is 10.9. The van der Waals surface area contributed by atoms with Crippen molar-refractivity contribution >= 4 is 5.78 Å². The van der Waals surface area contributed by atoms with Gasteiger partial charge in [0.25, 0.3) is 0 Å². The van der Waals surface area contributed by atoms with Crippen LogP contribution in [0.15, 0.2) is 84.9 Å². The molecule has 0 unspecified atom stereocenters. The lowest BCUT2D eigenvalue weighted by atomic mass is 9.37. The highest BCUT2D eigenvalue weighted by Gasteiger charge is 2.79. The Morgan fingerprint density at radius 3 is 2.48 bits per heavy atom. The second-order valence-electron chi connectivity index (χ2n) is 12.4. The number of hydrogen-bond donors (Lipinski definition) is 0. The van der Waals surface area contributed by atoms with Gasteiger partial charge in [-0.25, -0.2) is 0 Å². The second-order valence-corrected chi connectivity index (χ2v) is 12.4. The van der Waals surface area contributed by atoms with E-state index in [0.29, 0.717) is 6.61 Å². The van der Waals surface area contributed by atoms with Crippen molar-refractivity contribution in [3.8, 4) is 11.5 Å². The van der Waals surface area contributed by atoms with Gasteiger partial charge in [-0.15, -0.1) is 0 Å². The molecule has 5 heteroatoms. The predicted octanol–water partition coefficient (Wildman–Crippen LogP) is 5.65. The topological polar surface area (TPSA) is 48.0 Å². The highest BCUT2D eigenvalue weighted by molar-refractivity contribution is 5.82. The Labute approximate surface area is 235 Å². The summed E-state index contributed by atoms with van der Waals surface area (Å²) in [5.74, 6) is 1.59. The fourth-order valence-corrected chi connectivity index (χ4v) is 9.23. The first-order valence-electron chi connectivity index (χ1n) is 14.6. The largest absolute Gasteiger partial charge is 0.485 e. The molecule has 2 fully saturated rings. The molecule has 2 spiro atoms. The Morgan fingerprint density at radius 2 is 1.75 bits per heavy atom. The summed E-state index contributed by atoms with van der Waals surface area (Å²) in [5.41, 5.74) is 3.86. The summed E-state index contributed by atoms with van der Waals surface area (Å²) < 4.78 is 19.9. The van der Waals surface area contributed by atoms with Crippen molar-refractivity contribution in [3.63, 3.8) is 0 Å². The van der Waals surface area contributed by atoms with Gasteiger partial charge in [-0.05, 0) is 55.5 Å². The summed E-state index contributed by atoms with van der Waals surface area (Å²) >= 11 is 0. The van der Waals surface area contributed by atoms with Crippen molar-refractivity contribution < 1.29 is 19.0 Å². The molecule has 6 atom stereocenters. The normalized spacial score (nSPS) is 34.3. The number of fused-ring (bicyclic) bond motifs is 1. The predicted molar refractivity (Wildman–Crippen MR) is 152 cm³/mol. The van der Waals surface area contributed by atoms with Gasteiger partial charge in [0.1, 0.15) is 24.1 Å². The molecule has 4 bridgehead atoms. The van der Waals surface area contributed by atoms with Gasteiger partial charge in [0.15, 0.2) is 11.5 Å². The minimum Gasteiger partial charge on any atom is -0.485 e. The maximum absolute atomic E-state index is 13.3. The minimum atomic E-state index is -0.788. The zero-order valence-corrected chi connectivity index (χ0v) is 23.1. The Balaban J connectivity index is 1.28. The van der Waals surface area contributed by atoms with Crippen molar-refractivity contribution in [1.82, 2.24) is 4.90 Å². The van der Waals surface area contributed by atoms with E-state index in [1.165, 1.54) is 16.7 Å². The SMILES string of the molecule is CO[C@]12C=C[C@@]3(C[C@@H]1C(C)=O)[C@H]1Cc4ccc(OCc5ccccc5)c5c4[C@@]3(CCN1Cc1ccccc1)[C@H]2O5. The number of likely N-dealkylation sites (tertiary alicyclic amines) is 1. The van der Waals surface area contributed by atoms with Gasteiger partial charge in [0, 0.05) is 30.7 Å². The van der Waals surface area contributed by atoms with Crippen LogP contribution in [0.25, 0.3) is 0 Å². The van der Waals surface area contributed by atoms with Crippen molar-refractivity contribution in [2.45, 2.75) is 62.5 Å². The van der Waals surface area contributed by atoms with E-state index >= 15 is 0 Å². The highest BCUT2D eigenvalue weighted by Crippen LogP contribution is 2.74. The van der Waals surface area contributed by atoms with E-state index in [0.717, 1.165) is 49.4 Å². The number of hydrogen-bond acceptors (Lipinski definition) is 5. The summed E-state index contributed by atoms with van der Waals surface area (Å²) in [4.78, 5) is 16.0. The number of ketones is 1. The number of benzene rings is 3. The molecule has 40 heavy (non-hydrogen) atoms. The molecule has 3 aromatic rings. The molecule has 9 rings (SSSR count). The molecular formula is C35H35NO4. The minimum absolute atomic E-state index is 0.180. The molecule has 5 nitrogen and oxygen atoms in total. The first kappa shape index (κ1) is 24.4. The second kappa shape index (κ2) is 8.55. The molecule has 6 aliphatic rings. The van der Waals surface area contributed by atoms with E-state index in [-0.39, 0.29) is 34.7 Å². The Bertz CT molecular complexity index is 1520. The number of Topliss-reactive ketones (excluding diaryl/α,β-unsaturated/α-hetero) is 1. The lowest BCUT2D eigenvalue weighted by Gasteiger charge is -2.71. The van der Waals surface area contributed by atoms with Gasteiger partial charge in [-0.3, -0.25) is 9.69 Å². The van der Waals surface area contributed by atoms with E-state index in [1.807, 2.05) is 18.2 Å². The summed E-state index contributed by atoms with van der Waals surface area (Å²) in [5, 5.41) is 0. The monoisotopic (exact) mass is 533 g/mol. The molecular weight excluding hydrogens is 498 g/mol. The Hall–Kier alpha value is -3.41. The molecule has 0 aromatic heterocycles. The Morgan fingerprint density at radius 1 is 1.00 bits per heavy atom. The van der Waals surface area contributed by atoms with Gasteiger partial charge in [-0.2, -0.15) is 0 Å². The number of ether oxygens (including phenoxy) is 3. The van der Waals surface area contributed by atoms with Crippen LogP contribution in [0.1, 0.15) is 42.0 Å². The van der Waals surface area contributed by atoms with Crippen LogP contribution in [0.4, 0.5) is 0 Å². The van der Waals surface area contributed by atoms with Crippen LogP contribution in [0, 0.1) is 11.3 Å². The zero-order valence-electron chi connectivity index (χ0n) is 23.1. The highest BCUT2D eigenvalue weighted by atomic mass is 16.6. The molecule has 1 saturated heterocycles. The third-order valence-corrected chi connectivity index (χ3v) is 10.9.